The number of nitrogens with zero attached hydrogens (tertiary/aromatic N) is 1. The number of β-amino-alcohol motifs (C(OH)–C–C–N with tert-alkyl or cyclic N) is 1. The first-order valence-corrected chi connectivity index (χ1v) is 6.81. The van der Waals surface area contributed by atoms with Crippen LogP contribution in [-0.4, -0.2) is 41.1 Å². The molecule has 0 bridgehead atoms. The van der Waals surface area contributed by atoms with Gasteiger partial charge in [0.05, 0.1) is 6.10 Å². The average molecular weight is 264 g/mol. The summed E-state index contributed by atoms with van der Waals surface area (Å²) in [6.45, 7) is 5.53. The van der Waals surface area contributed by atoms with Crippen molar-refractivity contribution < 1.29 is 5.11 Å². The number of halogens is 1. The minimum atomic E-state index is -0.0739. The molecule has 0 aromatic carbocycles. The lowest BCUT2D eigenvalue weighted by Crippen LogP contribution is -2.39. The molecule has 1 aliphatic heterocycles. The van der Waals surface area contributed by atoms with E-state index in [1.165, 1.54) is 19.4 Å². The van der Waals surface area contributed by atoms with Gasteiger partial charge in [0.2, 0.25) is 0 Å². The Labute approximate surface area is 95.8 Å². The van der Waals surface area contributed by atoms with Gasteiger partial charge in [0.1, 0.15) is 0 Å². The van der Waals surface area contributed by atoms with Crippen molar-refractivity contribution in [1.82, 2.24) is 4.90 Å². The van der Waals surface area contributed by atoms with Crippen LogP contribution in [0.2, 0.25) is 0 Å². The molecule has 1 fully saturated rings. The van der Waals surface area contributed by atoms with E-state index < -0.39 is 0 Å². The van der Waals surface area contributed by atoms with Crippen LogP contribution in [0.25, 0.3) is 0 Å². The number of hydrogen-bond donors (Lipinski definition) is 1. The first-order chi connectivity index (χ1) is 6.72. The maximum Gasteiger partial charge on any atom is 0.0667 e. The second-order valence-electron chi connectivity index (χ2n) is 4.47. The third-order valence-corrected chi connectivity index (χ3v) is 3.48. The number of aliphatic hydroxyl groups is 1. The van der Waals surface area contributed by atoms with Crippen molar-refractivity contribution in [3.8, 4) is 0 Å². The smallest absolute Gasteiger partial charge is 0.0667 e. The molecule has 2 atom stereocenters. The zero-order valence-electron chi connectivity index (χ0n) is 9.08. The molecule has 1 saturated heterocycles. The van der Waals surface area contributed by atoms with Gasteiger partial charge in [-0.25, -0.2) is 0 Å². The average Bonchev–Trinajstić information content (AvgIpc) is 2.15. The van der Waals surface area contributed by atoms with Gasteiger partial charge in [0.15, 0.2) is 0 Å². The molecule has 1 heterocycles. The van der Waals surface area contributed by atoms with E-state index in [4.69, 9.17) is 0 Å². The van der Waals surface area contributed by atoms with E-state index in [1.54, 1.807) is 0 Å². The van der Waals surface area contributed by atoms with Gasteiger partial charge in [0, 0.05) is 11.9 Å². The number of piperidine rings is 1. The number of hydrogen-bond acceptors (Lipinski definition) is 2. The minimum absolute atomic E-state index is 0.0739. The van der Waals surface area contributed by atoms with Crippen LogP contribution in [0.4, 0.5) is 0 Å². The van der Waals surface area contributed by atoms with Gasteiger partial charge in [0.25, 0.3) is 0 Å². The van der Waals surface area contributed by atoms with Crippen molar-refractivity contribution in [1.29, 1.82) is 0 Å². The van der Waals surface area contributed by atoms with E-state index in [0.29, 0.717) is 0 Å². The fraction of sp³-hybridized carbons (Fsp3) is 1.00. The van der Waals surface area contributed by atoms with Crippen LogP contribution < -0.4 is 0 Å². The molecule has 84 valence electrons. The van der Waals surface area contributed by atoms with Crippen molar-refractivity contribution in [3.05, 3.63) is 0 Å². The van der Waals surface area contributed by atoms with E-state index in [0.717, 1.165) is 37.2 Å². The van der Waals surface area contributed by atoms with Gasteiger partial charge < -0.3 is 10.0 Å². The van der Waals surface area contributed by atoms with Gasteiger partial charge >= 0.3 is 0 Å². The van der Waals surface area contributed by atoms with Crippen LogP contribution in [0.3, 0.4) is 0 Å². The Kier molecular flexibility index (Phi) is 6.06. The molecule has 0 radical (unpaired) electrons. The van der Waals surface area contributed by atoms with Crippen LogP contribution in [0.15, 0.2) is 0 Å². The monoisotopic (exact) mass is 263 g/mol. The van der Waals surface area contributed by atoms with Crippen LogP contribution in [-0.2, 0) is 0 Å². The highest BCUT2D eigenvalue weighted by Gasteiger charge is 2.17. The summed E-state index contributed by atoms with van der Waals surface area (Å²) in [4.78, 5) is 2.40. The molecule has 2 unspecified atom stereocenters. The second kappa shape index (κ2) is 6.81. The molecule has 0 aromatic heterocycles. The highest BCUT2D eigenvalue weighted by Crippen LogP contribution is 2.14. The number of likely N-dealkylation sites (tertiary alicyclic amines) is 1. The summed E-state index contributed by atoms with van der Waals surface area (Å²) in [5.41, 5.74) is 0. The van der Waals surface area contributed by atoms with Gasteiger partial charge in [-0.05, 0) is 44.7 Å². The summed E-state index contributed by atoms with van der Waals surface area (Å²) >= 11 is 3.47. The summed E-state index contributed by atoms with van der Waals surface area (Å²) in [6, 6.07) is 0. The van der Waals surface area contributed by atoms with Crippen molar-refractivity contribution in [2.75, 3.05) is 25.0 Å². The van der Waals surface area contributed by atoms with E-state index in [9.17, 15) is 5.11 Å². The maximum atomic E-state index is 9.50. The molecule has 14 heavy (non-hydrogen) atoms. The Bertz CT molecular complexity index is 154. The fourth-order valence-electron chi connectivity index (χ4n) is 1.97. The Balaban J connectivity index is 2.10. The normalized spacial score (nSPS) is 26.4. The molecule has 3 heteroatoms. The lowest BCUT2D eigenvalue weighted by Gasteiger charge is -2.30. The fourth-order valence-corrected chi connectivity index (χ4v) is 2.75. The molecule has 0 amide bonds. The molecular weight excluding hydrogens is 242 g/mol. The number of alkyl halides is 1. The molecule has 0 spiro atoms. The number of aliphatic hydroxyl groups excluding tert-OH is 1. The topological polar surface area (TPSA) is 23.5 Å². The number of rotatable bonds is 5. The lowest BCUT2D eigenvalue weighted by atomic mass is 10.0. The van der Waals surface area contributed by atoms with Crippen molar-refractivity contribution >= 4 is 15.9 Å². The Hall–Kier alpha value is 0.400. The van der Waals surface area contributed by atoms with E-state index in [2.05, 4.69) is 27.8 Å². The summed E-state index contributed by atoms with van der Waals surface area (Å²) in [6.07, 6.45) is 4.60. The maximum absolute atomic E-state index is 9.50. The molecular formula is C11H22BrNO. The SMILES string of the molecule is CC(CCBr)CCN1CCCC(O)C1. The molecule has 0 saturated carbocycles. The third kappa shape index (κ3) is 4.76. The van der Waals surface area contributed by atoms with Crippen LogP contribution in [0.1, 0.15) is 32.6 Å². The standard InChI is InChI=1S/C11H22BrNO/c1-10(4-6-12)5-8-13-7-2-3-11(14)9-13/h10-11,14H,2-9H2,1H3. The van der Waals surface area contributed by atoms with E-state index in [1.807, 2.05) is 0 Å². The molecule has 1 rings (SSSR count). The summed E-state index contributed by atoms with van der Waals surface area (Å²) in [5.74, 6) is 0.799. The minimum Gasteiger partial charge on any atom is -0.392 e. The summed E-state index contributed by atoms with van der Waals surface area (Å²) in [7, 11) is 0. The Morgan fingerprint density at radius 3 is 2.93 bits per heavy atom. The quantitative estimate of drug-likeness (QED) is 0.770. The first-order valence-electron chi connectivity index (χ1n) is 5.68. The first kappa shape index (κ1) is 12.5. The third-order valence-electron chi connectivity index (χ3n) is 3.02. The Morgan fingerprint density at radius 1 is 1.50 bits per heavy atom. The van der Waals surface area contributed by atoms with Crippen molar-refractivity contribution in [3.63, 3.8) is 0 Å². The van der Waals surface area contributed by atoms with Crippen molar-refractivity contribution in [2.45, 2.75) is 38.7 Å². The van der Waals surface area contributed by atoms with Gasteiger partial charge in [-0.15, -0.1) is 0 Å². The van der Waals surface area contributed by atoms with E-state index >= 15 is 0 Å². The zero-order chi connectivity index (χ0) is 10.4. The van der Waals surface area contributed by atoms with Crippen LogP contribution in [0, 0.1) is 5.92 Å². The molecule has 1 N–H and O–H groups in total. The molecule has 1 aliphatic rings. The van der Waals surface area contributed by atoms with Gasteiger partial charge in [-0.2, -0.15) is 0 Å². The second-order valence-corrected chi connectivity index (χ2v) is 5.26. The highest BCUT2D eigenvalue weighted by molar-refractivity contribution is 9.09. The summed E-state index contributed by atoms with van der Waals surface area (Å²) in [5, 5.41) is 10.6. The molecule has 0 aliphatic carbocycles. The van der Waals surface area contributed by atoms with Crippen LogP contribution >= 0.6 is 15.9 Å². The van der Waals surface area contributed by atoms with Crippen LogP contribution in [0.5, 0.6) is 0 Å². The zero-order valence-corrected chi connectivity index (χ0v) is 10.7. The van der Waals surface area contributed by atoms with Gasteiger partial charge in [-0.1, -0.05) is 22.9 Å². The Morgan fingerprint density at radius 2 is 2.29 bits per heavy atom. The van der Waals surface area contributed by atoms with Crippen molar-refractivity contribution in [2.24, 2.45) is 5.92 Å². The molecule has 2 nitrogen and oxygen atoms in total. The largest absolute Gasteiger partial charge is 0.392 e. The summed E-state index contributed by atoms with van der Waals surface area (Å²) < 4.78 is 0. The van der Waals surface area contributed by atoms with E-state index in [-0.39, 0.29) is 6.10 Å². The highest BCUT2D eigenvalue weighted by atomic mass is 79.9. The van der Waals surface area contributed by atoms with Gasteiger partial charge in [-0.3, -0.25) is 0 Å². The predicted molar refractivity (Wildman–Crippen MR) is 63.9 cm³/mol. The lowest BCUT2D eigenvalue weighted by molar-refractivity contribution is 0.0679. The predicted octanol–water partition coefficient (Wildman–Crippen LogP) is 2.25. The molecule has 0 aromatic rings.